The minimum absolute atomic E-state index is 0.312. The number of carbonyl (C=O) groups is 1. The first-order valence-electron chi connectivity index (χ1n) is 9.27. The van der Waals surface area contributed by atoms with Crippen LogP contribution in [0.1, 0.15) is 22.2 Å². The fourth-order valence-electron chi connectivity index (χ4n) is 2.99. The number of benzene rings is 2. The molecule has 0 fully saturated rings. The molecule has 0 atom stereocenters. The summed E-state index contributed by atoms with van der Waals surface area (Å²) >= 11 is 7.51. The van der Waals surface area contributed by atoms with Gasteiger partial charge in [-0.25, -0.2) is 14.8 Å². The predicted molar refractivity (Wildman–Crippen MR) is 119 cm³/mol. The summed E-state index contributed by atoms with van der Waals surface area (Å²) in [5.41, 5.74) is 1.42. The quantitative estimate of drug-likeness (QED) is 0.352. The monoisotopic (exact) mass is 439 g/mol. The lowest BCUT2D eigenvalue weighted by atomic mass is 10.2. The molecule has 0 aliphatic rings. The van der Waals surface area contributed by atoms with Crippen molar-refractivity contribution in [3.63, 3.8) is 0 Å². The lowest BCUT2D eigenvalue weighted by molar-refractivity contribution is 0.0531. The zero-order valence-corrected chi connectivity index (χ0v) is 17.9. The Kier molecular flexibility index (Phi) is 5.83. The van der Waals surface area contributed by atoms with Gasteiger partial charge in [-0.05, 0) is 49.7 Å². The van der Waals surface area contributed by atoms with Gasteiger partial charge in [-0.1, -0.05) is 29.8 Å². The van der Waals surface area contributed by atoms with Gasteiger partial charge in [-0.3, -0.25) is 0 Å². The number of nitrogens with zero attached hydrogens (tertiary/aromatic N) is 2. The van der Waals surface area contributed by atoms with Gasteiger partial charge < -0.3 is 14.8 Å². The molecular weight excluding hydrogens is 422 g/mol. The SMILES string of the molecule is CCOC(=O)c1sc2ncnc(Nc3cc(Cl)ccc3Oc3ccccc3)c2c1C. The molecule has 0 saturated heterocycles. The topological polar surface area (TPSA) is 73.3 Å². The Morgan fingerprint density at radius 3 is 2.73 bits per heavy atom. The van der Waals surface area contributed by atoms with E-state index in [2.05, 4.69) is 15.3 Å². The maximum atomic E-state index is 12.3. The lowest BCUT2D eigenvalue weighted by Crippen LogP contribution is -2.03. The van der Waals surface area contributed by atoms with Crippen LogP contribution in [0.2, 0.25) is 5.02 Å². The lowest BCUT2D eigenvalue weighted by Gasteiger charge is -2.14. The summed E-state index contributed by atoms with van der Waals surface area (Å²) in [6.07, 6.45) is 1.46. The van der Waals surface area contributed by atoms with Crippen LogP contribution in [0.3, 0.4) is 0 Å². The van der Waals surface area contributed by atoms with E-state index in [1.165, 1.54) is 17.7 Å². The highest BCUT2D eigenvalue weighted by Crippen LogP contribution is 2.38. The molecule has 0 aliphatic carbocycles. The zero-order chi connectivity index (χ0) is 21.1. The number of para-hydroxylation sites is 1. The Bertz CT molecular complexity index is 1210. The maximum Gasteiger partial charge on any atom is 0.348 e. The highest BCUT2D eigenvalue weighted by atomic mass is 35.5. The van der Waals surface area contributed by atoms with Crippen molar-refractivity contribution in [2.45, 2.75) is 13.8 Å². The maximum absolute atomic E-state index is 12.3. The standard InChI is InChI=1S/C22H18ClN3O3S/c1-3-28-22(27)19-13(2)18-20(24-12-25-21(18)30-19)26-16-11-14(23)9-10-17(16)29-15-7-5-4-6-8-15/h4-12H,3H2,1-2H3,(H,24,25,26). The second-order valence-corrected chi connectivity index (χ2v) is 7.80. The molecule has 4 aromatic rings. The van der Waals surface area contributed by atoms with Crippen molar-refractivity contribution in [1.29, 1.82) is 0 Å². The van der Waals surface area contributed by atoms with Gasteiger partial charge in [0, 0.05) is 5.02 Å². The number of hydrogen-bond donors (Lipinski definition) is 1. The van der Waals surface area contributed by atoms with Crippen LogP contribution in [0.4, 0.5) is 11.5 Å². The van der Waals surface area contributed by atoms with Gasteiger partial charge in [0.25, 0.3) is 0 Å². The molecule has 2 aromatic heterocycles. The minimum Gasteiger partial charge on any atom is -0.462 e. The van der Waals surface area contributed by atoms with E-state index < -0.39 is 0 Å². The molecule has 0 spiro atoms. The fraction of sp³-hybridized carbons (Fsp3) is 0.136. The van der Waals surface area contributed by atoms with Gasteiger partial charge >= 0.3 is 5.97 Å². The number of anilines is 2. The number of aryl methyl sites for hydroxylation is 1. The van der Waals surface area contributed by atoms with E-state index >= 15 is 0 Å². The Balaban J connectivity index is 1.74. The number of aromatic nitrogens is 2. The molecule has 1 N–H and O–H groups in total. The van der Waals surface area contributed by atoms with Crippen LogP contribution in [0.15, 0.2) is 54.9 Å². The number of thiophene rings is 1. The number of halogens is 1. The average molecular weight is 440 g/mol. The Morgan fingerprint density at radius 1 is 1.17 bits per heavy atom. The summed E-state index contributed by atoms with van der Waals surface area (Å²) in [7, 11) is 0. The summed E-state index contributed by atoms with van der Waals surface area (Å²) in [5, 5.41) is 4.61. The number of hydrogen-bond acceptors (Lipinski definition) is 7. The molecule has 0 radical (unpaired) electrons. The first kappa shape index (κ1) is 20.1. The number of rotatable bonds is 6. The van der Waals surface area contributed by atoms with E-state index in [-0.39, 0.29) is 5.97 Å². The number of fused-ring (bicyclic) bond motifs is 1. The van der Waals surface area contributed by atoms with Crippen LogP contribution >= 0.6 is 22.9 Å². The fourth-order valence-corrected chi connectivity index (χ4v) is 4.20. The summed E-state index contributed by atoms with van der Waals surface area (Å²) in [6, 6.07) is 14.8. The molecule has 0 amide bonds. The molecular formula is C22H18ClN3O3S. The highest BCUT2D eigenvalue weighted by Gasteiger charge is 2.21. The van der Waals surface area contributed by atoms with E-state index in [1.807, 2.05) is 37.3 Å². The normalized spacial score (nSPS) is 10.8. The Labute approximate surface area is 182 Å². The number of carbonyl (C=O) groups excluding carboxylic acids is 1. The first-order valence-corrected chi connectivity index (χ1v) is 10.5. The molecule has 2 aromatic carbocycles. The molecule has 0 unspecified atom stereocenters. The van der Waals surface area contributed by atoms with E-state index in [9.17, 15) is 4.79 Å². The van der Waals surface area contributed by atoms with Crippen molar-refractivity contribution < 1.29 is 14.3 Å². The van der Waals surface area contributed by atoms with Crippen molar-refractivity contribution in [2.75, 3.05) is 11.9 Å². The molecule has 2 heterocycles. The van der Waals surface area contributed by atoms with Gasteiger partial charge in [-0.2, -0.15) is 0 Å². The van der Waals surface area contributed by atoms with Gasteiger partial charge in [0.05, 0.1) is 17.7 Å². The van der Waals surface area contributed by atoms with Gasteiger partial charge in [-0.15, -0.1) is 11.3 Å². The molecule has 0 aliphatic heterocycles. The van der Waals surface area contributed by atoms with E-state index in [0.717, 1.165) is 10.9 Å². The summed E-state index contributed by atoms with van der Waals surface area (Å²) in [5.74, 6) is 1.49. The molecule has 0 bridgehead atoms. The van der Waals surface area contributed by atoms with Gasteiger partial charge in [0.2, 0.25) is 0 Å². The van der Waals surface area contributed by atoms with Crippen molar-refractivity contribution >= 4 is 50.6 Å². The van der Waals surface area contributed by atoms with Crippen LogP contribution in [-0.2, 0) is 4.74 Å². The van der Waals surface area contributed by atoms with Crippen LogP contribution in [0, 0.1) is 6.92 Å². The van der Waals surface area contributed by atoms with E-state index in [4.69, 9.17) is 21.1 Å². The van der Waals surface area contributed by atoms with Crippen molar-refractivity contribution in [1.82, 2.24) is 9.97 Å². The first-order chi connectivity index (χ1) is 14.6. The second kappa shape index (κ2) is 8.69. The van der Waals surface area contributed by atoms with Crippen LogP contribution < -0.4 is 10.1 Å². The van der Waals surface area contributed by atoms with Crippen molar-refractivity contribution in [3.8, 4) is 11.5 Å². The van der Waals surface area contributed by atoms with Crippen LogP contribution in [0.25, 0.3) is 10.2 Å². The van der Waals surface area contributed by atoms with E-state index in [0.29, 0.717) is 44.3 Å². The molecule has 6 nitrogen and oxygen atoms in total. The average Bonchev–Trinajstić information content (AvgIpc) is 3.09. The number of esters is 1. The van der Waals surface area contributed by atoms with Gasteiger partial charge in [0.15, 0.2) is 5.75 Å². The summed E-state index contributed by atoms with van der Waals surface area (Å²) in [6.45, 7) is 3.95. The highest BCUT2D eigenvalue weighted by molar-refractivity contribution is 7.20. The molecule has 152 valence electrons. The summed E-state index contributed by atoms with van der Waals surface area (Å²) in [4.78, 5) is 22.2. The zero-order valence-electron chi connectivity index (χ0n) is 16.3. The van der Waals surface area contributed by atoms with Crippen molar-refractivity contribution in [3.05, 3.63) is 70.3 Å². The second-order valence-electron chi connectivity index (χ2n) is 6.36. The summed E-state index contributed by atoms with van der Waals surface area (Å²) < 4.78 is 11.2. The Morgan fingerprint density at radius 2 is 1.97 bits per heavy atom. The smallest absolute Gasteiger partial charge is 0.348 e. The van der Waals surface area contributed by atoms with Crippen LogP contribution in [0.5, 0.6) is 11.5 Å². The molecule has 30 heavy (non-hydrogen) atoms. The predicted octanol–water partition coefficient (Wildman–Crippen LogP) is 6.37. The third kappa shape index (κ3) is 4.08. The minimum atomic E-state index is -0.361. The van der Waals surface area contributed by atoms with Crippen molar-refractivity contribution in [2.24, 2.45) is 0 Å². The van der Waals surface area contributed by atoms with Crippen LogP contribution in [-0.4, -0.2) is 22.5 Å². The number of ether oxygens (including phenoxy) is 2. The largest absolute Gasteiger partial charge is 0.462 e. The molecule has 8 heteroatoms. The molecule has 4 rings (SSSR count). The third-order valence-electron chi connectivity index (χ3n) is 4.35. The molecule has 0 saturated carbocycles. The van der Waals surface area contributed by atoms with Gasteiger partial charge in [0.1, 0.15) is 27.6 Å². The number of nitrogens with one attached hydrogen (secondary N) is 1. The Hall–Kier alpha value is -3.16. The third-order valence-corrected chi connectivity index (χ3v) is 5.77. The van der Waals surface area contributed by atoms with E-state index in [1.54, 1.807) is 25.1 Å².